The number of nitro benzene ring substituents is 1. The van der Waals surface area contributed by atoms with Gasteiger partial charge in [-0.15, -0.1) is 0 Å². The summed E-state index contributed by atoms with van der Waals surface area (Å²) < 4.78 is 32.6. The topological polar surface area (TPSA) is 117 Å². The molecule has 0 aromatic heterocycles. The molecule has 0 aliphatic carbocycles. The van der Waals surface area contributed by atoms with Gasteiger partial charge in [0.25, 0.3) is 5.69 Å². The number of hydrazone groups is 1. The summed E-state index contributed by atoms with van der Waals surface area (Å²) in [5, 5.41) is 15.3. The number of morpholine rings is 1. The normalized spacial score (nSPS) is 14.8. The van der Waals surface area contributed by atoms with E-state index >= 15 is 0 Å². The summed E-state index contributed by atoms with van der Waals surface area (Å²) in [6.07, 6.45) is 1.57. The number of hydrogen-bond acceptors (Lipinski definition) is 8. The second kappa shape index (κ2) is 10.5. The molecule has 32 heavy (non-hydrogen) atoms. The zero-order valence-corrected chi connectivity index (χ0v) is 18.9. The van der Waals surface area contributed by atoms with Crippen molar-refractivity contribution in [2.45, 2.75) is 18.7 Å². The third-order valence-electron chi connectivity index (χ3n) is 5.17. The Bertz CT molecular complexity index is 1060. The highest BCUT2D eigenvalue weighted by Gasteiger charge is 2.27. The molecule has 0 amide bonds. The fourth-order valence-corrected chi connectivity index (χ4v) is 5.02. The van der Waals surface area contributed by atoms with E-state index < -0.39 is 14.9 Å². The quantitative estimate of drug-likeness (QED) is 0.347. The molecule has 3 rings (SSSR count). The molecule has 0 atom stereocenters. The fourth-order valence-electron chi connectivity index (χ4n) is 3.40. The molecular weight excluding hydrogens is 434 g/mol. The van der Waals surface area contributed by atoms with Crippen molar-refractivity contribution in [3.63, 3.8) is 0 Å². The molecule has 0 saturated carbocycles. The average Bonchev–Trinajstić information content (AvgIpc) is 2.80. The fraction of sp³-hybridized carbons (Fsp3) is 0.381. The van der Waals surface area contributed by atoms with Crippen LogP contribution in [0.25, 0.3) is 0 Å². The van der Waals surface area contributed by atoms with Gasteiger partial charge >= 0.3 is 0 Å². The van der Waals surface area contributed by atoms with Crippen molar-refractivity contribution in [2.24, 2.45) is 5.10 Å². The number of ether oxygens (including phenoxy) is 1. The number of rotatable bonds is 9. The van der Waals surface area contributed by atoms with E-state index in [-0.39, 0.29) is 29.4 Å². The molecule has 2 aromatic carbocycles. The van der Waals surface area contributed by atoms with Gasteiger partial charge in [-0.2, -0.15) is 9.41 Å². The molecule has 1 saturated heterocycles. The summed E-state index contributed by atoms with van der Waals surface area (Å²) in [6, 6.07) is 11.5. The Morgan fingerprint density at radius 3 is 2.41 bits per heavy atom. The van der Waals surface area contributed by atoms with Gasteiger partial charge in [-0.1, -0.05) is 26.0 Å². The number of benzene rings is 2. The summed E-state index contributed by atoms with van der Waals surface area (Å²) in [6.45, 7) is 7.04. The minimum atomic E-state index is -3.92. The van der Waals surface area contributed by atoms with E-state index in [4.69, 9.17) is 4.74 Å². The van der Waals surface area contributed by atoms with Crippen molar-refractivity contribution in [1.82, 2.24) is 4.31 Å². The summed E-state index contributed by atoms with van der Waals surface area (Å²) in [4.78, 5) is 12.6. The molecule has 1 aliphatic heterocycles. The van der Waals surface area contributed by atoms with Gasteiger partial charge in [0.15, 0.2) is 0 Å². The van der Waals surface area contributed by atoms with Crippen LogP contribution in [0.15, 0.2) is 52.5 Å². The minimum Gasteiger partial charge on any atom is -0.378 e. The number of hydrogen-bond donors (Lipinski definition) is 1. The van der Waals surface area contributed by atoms with Crippen LogP contribution < -0.4 is 10.3 Å². The van der Waals surface area contributed by atoms with Crippen LogP contribution in [0.4, 0.5) is 17.1 Å². The first-order valence-corrected chi connectivity index (χ1v) is 11.8. The molecule has 1 heterocycles. The highest BCUT2D eigenvalue weighted by atomic mass is 32.2. The van der Waals surface area contributed by atoms with E-state index in [0.29, 0.717) is 13.2 Å². The van der Waals surface area contributed by atoms with Crippen molar-refractivity contribution < 1.29 is 18.1 Å². The van der Waals surface area contributed by atoms with Gasteiger partial charge in [-0.05, 0) is 23.8 Å². The lowest BCUT2D eigenvalue weighted by Crippen LogP contribution is -2.36. The van der Waals surface area contributed by atoms with Gasteiger partial charge in [0.05, 0.1) is 30.0 Å². The Morgan fingerprint density at radius 2 is 1.81 bits per heavy atom. The van der Waals surface area contributed by atoms with Crippen LogP contribution in [0.1, 0.15) is 19.4 Å². The maximum atomic E-state index is 13.0. The van der Waals surface area contributed by atoms with Gasteiger partial charge < -0.3 is 9.64 Å². The van der Waals surface area contributed by atoms with Gasteiger partial charge in [-0.3, -0.25) is 15.5 Å². The average molecular weight is 462 g/mol. The smallest absolute Gasteiger partial charge is 0.270 e. The van der Waals surface area contributed by atoms with Gasteiger partial charge in [0.2, 0.25) is 10.0 Å². The molecule has 1 fully saturated rings. The van der Waals surface area contributed by atoms with E-state index in [1.54, 1.807) is 20.1 Å². The number of sulfonamides is 1. The molecule has 0 spiro atoms. The SMILES string of the molecule is CCN(CC)S(=O)(=O)c1cc([N+](=O)[O-])ccc1N/N=C/c1ccc(N2CCOCC2)cc1. The molecule has 0 unspecified atom stereocenters. The number of nitro groups is 1. The van der Waals surface area contributed by atoms with Gasteiger partial charge in [-0.25, -0.2) is 8.42 Å². The monoisotopic (exact) mass is 461 g/mol. The third-order valence-corrected chi connectivity index (χ3v) is 7.26. The van der Waals surface area contributed by atoms with Crippen LogP contribution in [0, 0.1) is 10.1 Å². The number of anilines is 2. The van der Waals surface area contributed by atoms with Crippen molar-refractivity contribution in [3.8, 4) is 0 Å². The molecule has 1 N–H and O–H groups in total. The lowest BCUT2D eigenvalue weighted by Gasteiger charge is -2.28. The highest BCUT2D eigenvalue weighted by Crippen LogP contribution is 2.29. The molecule has 11 heteroatoms. The standard InChI is InChI=1S/C21H27N5O5S/c1-3-25(4-2)32(29,30)21-15-19(26(27)28)9-10-20(21)23-22-16-17-5-7-18(8-6-17)24-11-13-31-14-12-24/h5-10,15-16,23H,3-4,11-14H2,1-2H3/b22-16+. The van der Waals surface area contributed by atoms with Crippen molar-refractivity contribution in [3.05, 3.63) is 58.1 Å². The van der Waals surface area contributed by atoms with Gasteiger partial charge in [0.1, 0.15) is 4.90 Å². The molecule has 10 nitrogen and oxygen atoms in total. The first-order chi connectivity index (χ1) is 15.4. The van der Waals surface area contributed by atoms with E-state index in [1.807, 2.05) is 24.3 Å². The lowest BCUT2D eigenvalue weighted by atomic mass is 10.2. The predicted octanol–water partition coefficient (Wildman–Crippen LogP) is 2.91. The molecule has 0 radical (unpaired) electrons. The van der Waals surface area contributed by atoms with Crippen LogP contribution in [0.5, 0.6) is 0 Å². The van der Waals surface area contributed by atoms with Crippen LogP contribution in [-0.2, 0) is 14.8 Å². The first-order valence-electron chi connectivity index (χ1n) is 10.4. The Labute approximate surface area is 187 Å². The molecule has 172 valence electrons. The van der Waals surface area contributed by atoms with Crippen molar-refractivity contribution in [1.29, 1.82) is 0 Å². The zero-order valence-electron chi connectivity index (χ0n) is 18.1. The molecule has 0 bridgehead atoms. The van der Waals surface area contributed by atoms with Crippen molar-refractivity contribution in [2.75, 3.05) is 49.7 Å². The molecular formula is C21H27N5O5S. The summed E-state index contributed by atoms with van der Waals surface area (Å²) >= 11 is 0. The van der Waals surface area contributed by atoms with Crippen LogP contribution >= 0.6 is 0 Å². The number of nitrogens with one attached hydrogen (secondary N) is 1. The Hall–Kier alpha value is -3.02. The first kappa shape index (κ1) is 23.6. The summed E-state index contributed by atoms with van der Waals surface area (Å²) in [5.74, 6) is 0. The summed E-state index contributed by atoms with van der Waals surface area (Å²) in [5.41, 5.74) is 4.52. The zero-order chi connectivity index (χ0) is 23.1. The number of nitrogens with zero attached hydrogens (tertiary/aromatic N) is 4. The Balaban J connectivity index is 1.80. The summed E-state index contributed by atoms with van der Waals surface area (Å²) in [7, 11) is -3.92. The Morgan fingerprint density at radius 1 is 1.16 bits per heavy atom. The maximum Gasteiger partial charge on any atom is 0.270 e. The highest BCUT2D eigenvalue weighted by molar-refractivity contribution is 7.89. The van der Waals surface area contributed by atoms with Crippen molar-refractivity contribution >= 4 is 33.3 Å². The van der Waals surface area contributed by atoms with Crippen LogP contribution in [0.3, 0.4) is 0 Å². The van der Waals surface area contributed by atoms with E-state index in [2.05, 4.69) is 15.4 Å². The molecule has 1 aliphatic rings. The van der Waals surface area contributed by atoms with E-state index in [9.17, 15) is 18.5 Å². The third kappa shape index (κ3) is 5.42. The van der Waals surface area contributed by atoms with Crippen LogP contribution in [0.2, 0.25) is 0 Å². The van der Waals surface area contributed by atoms with Crippen LogP contribution in [-0.4, -0.2) is 63.3 Å². The maximum absolute atomic E-state index is 13.0. The van der Waals surface area contributed by atoms with E-state index in [1.165, 1.54) is 16.4 Å². The minimum absolute atomic E-state index is 0.170. The second-order valence-electron chi connectivity index (χ2n) is 7.09. The number of non-ortho nitro benzene ring substituents is 1. The van der Waals surface area contributed by atoms with E-state index in [0.717, 1.165) is 30.4 Å². The molecule has 2 aromatic rings. The Kier molecular flexibility index (Phi) is 7.78. The predicted molar refractivity (Wildman–Crippen MR) is 124 cm³/mol. The lowest BCUT2D eigenvalue weighted by molar-refractivity contribution is -0.385. The van der Waals surface area contributed by atoms with Gasteiger partial charge in [0, 0.05) is 44.0 Å². The largest absolute Gasteiger partial charge is 0.378 e. The second-order valence-corrected chi connectivity index (χ2v) is 8.99.